The minimum absolute atomic E-state index is 0.971. The molecule has 0 saturated heterocycles. The fourth-order valence-corrected chi connectivity index (χ4v) is 2.22. The number of terminal acetylenes is 1. The molecule has 0 saturated carbocycles. The zero-order valence-corrected chi connectivity index (χ0v) is 7.28. The van der Waals surface area contributed by atoms with Gasteiger partial charge in [0.1, 0.15) is 0 Å². The van der Waals surface area contributed by atoms with Gasteiger partial charge in [-0.25, -0.2) is 0 Å². The lowest BCUT2D eigenvalue weighted by atomic mass is 10.8. The van der Waals surface area contributed by atoms with Crippen LogP contribution < -0.4 is 0 Å². The van der Waals surface area contributed by atoms with Gasteiger partial charge >= 0.3 is 0 Å². The standard InChI is InChI=1S/C8H14Si/c1-5-7-9(3,4)8-6-2/h1,6H,2,7-8H2,3-4H3. The Morgan fingerprint density at radius 1 is 1.67 bits per heavy atom. The maximum Gasteiger partial charge on any atom is 0.0640 e. The van der Waals surface area contributed by atoms with Crippen LogP contribution in [0.2, 0.25) is 25.2 Å². The van der Waals surface area contributed by atoms with Gasteiger partial charge in [-0.05, 0) is 6.04 Å². The van der Waals surface area contributed by atoms with Crippen molar-refractivity contribution in [2.24, 2.45) is 0 Å². The second-order valence-corrected chi connectivity index (χ2v) is 8.13. The average molecular weight is 138 g/mol. The summed E-state index contributed by atoms with van der Waals surface area (Å²) in [6.45, 7) is 8.27. The molecule has 0 amide bonds. The average Bonchev–Trinajstić information content (AvgIpc) is 1.64. The molecule has 50 valence electrons. The number of hydrogen-bond acceptors (Lipinski definition) is 0. The van der Waals surface area contributed by atoms with Crippen LogP contribution in [0.3, 0.4) is 0 Å². The van der Waals surface area contributed by atoms with Crippen LogP contribution in [0.4, 0.5) is 0 Å². The van der Waals surface area contributed by atoms with Crippen molar-refractivity contribution in [3.05, 3.63) is 12.7 Å². The molecule has 0 unspecified atom stereocenters. The van der Waals surface area contributed by atoms with Gasteiger partial charge in [-0.1, -0.05) is 19.2 Å². The lowest BCUT2D eigenvalue weighted by molar-refractivity contribution is 1.45. The lowest BCUT2D eigenvalue weighted by Crippen LogP contribution is -2.22. The van der Waals surface area contributed by atoms with Gasteiger partial charge in [0, 0.05) is 6.04 Å². The van der Waals surface area contributed by atoms with Crippen LogP contribution in [0, 0.1) is 12.3 Å². The van der Waals surface area contributed by atoms with E-state index < -0.39 is 8.07 Å². The molecule has 0 fully saturated rings. The Morgan fingerprint density at radius 2 is 2.22 bits per heavy atom. The molecule has 1 heteroatoms. The fraction of sp³-hybridized carbons (Fsp3) is 0.500. The highest BCUT2D eigenvalue weighted by Crippen LogP contribution is 2.13. The van der Waals surface area contributed by atoms with E-state index in [4.69, 9.17) is 6.42 Å². The van der Waals surface area contributed by atoms with E-state index >= 15 is 0 Å². The first-order valence-electron chi connectivity index (χ1n) is 3.17. The normalized spacial score (nSPS) is 10.3. The van der Waals surface area contributed by atoms with Gasteiger partial charge < -0.3 is 0 Å². The zero-order valence-electron chi connectivity index (χ0n) is 6.28. The maximum atomic E-state index is 5.20. The van der Waals surface area contributed by atoms with Crippen LogP contribution in [-0.2, 0) is 0 Å². The molecule has 0 rings (SSSR count). The first-order chi connectivity index (χ1) is 4.12. The fourth-order valence-electron chi connectivity index (χ4n) is 0.739. The van der Waals surface area contributed by atoms with Gasteiger partial charge in [0.2, 0.25) is 0 Å². The van der Waals surface area contributed by atoms with E-state index in [0.29, 0.717) is 0 Å². The monoisotopic (exact) mass is 138 g/mol. The third-order valence-corrected chi connectivity index (χ3v) is 3.83. The Morgan fingerprint density at radius 3 is 2.56 bits per heavy atom. The van der Waals surface area contributed by atoms with Crippen molar-refractivity contribution in [2.75, 3.05) is 0 Å². The smallest absolute Gasteiger partial charge is 0.0640 e. The summed E-state index contributed by atoms with van der Waals surface area (Å²) in [5.41, 5.74) is 0. The molecule has 0 radical (unpaired) electrons. The van der Waals surface area contributed by atoms with Crippen molar-refractivity contribution in [1.82, 2.24) is 0 Å². The molecule has 0 aromatic heterocycles. The van der Waals surface area contributed by atoms with Crippen LogP contribution in [0.15, 0.2) is 12.7 Å². The predicted octanol–water partition coefficient (Wildman–Crippen LogP) is 2.51. The number of rotatable bonds is 3. The van der Waals surface area contributed by atoms with Crippen LogP contribution >= 0.6 is 0 Å². The summed E-state index contributed by atoms with van der Waals surface area (Å²) in [5.74, 6) is 2.71. The molecule has 0 aromatic rings. The Labute approximate surface area is 59.0 Å². The molecule has 0 heterocycles. The molecule has 0 atom stereocenters. The van der Waals surface area contributed by atoms with Gasteiger partial charge in [0.15, 0.2) is 0 Å². The summed E-state index contributed by atoms with van der Waals surface area (Å²) in [6, 6.07) is 2.11. The summed E-state index contributed by atoms with van der Waals surface area (Å²) in [4.78, 5) is 0. The Hall–Kier alpha value is -0.483. The number of hydrogen-bond donors (Lipinski definition) is 0. The van der Waals surface area contributed by atoms with Crippen LogP contribution in [0.25, 0.3) is 0 Å². The summed E-state index contributed by atoms with van der Waals surface area (Å²) in [5, 5.41) is 0. The highest BCUT2D eigenvalue weighted by Gasteiger charge is 2.15. The molecule has 0 aliphatic carbocycles. The van der Waals surface area contributed by atoms with Crippen LogP contribution in [0.5, 0.6) is 0 Å². The molecule has 0 bridgehead atoms. The third-order valence-electron chi connectivity index (χ3n) is 1.28. The molecule has 0 nitrogen and oxygen atoms in total. The van der Waals surface area contributed by atoms with Gasteiger partial charge in [-0.2, -0.15) is 0 Å². The highest BCUT2D eigenvalue weighted by atomic mass is 28.3. The van der Waals surface area contributed by atoms with E-state index in [0.717, 1.165) is 12.1 Å². The van der Waals surface area contributed by atoms with Gasteiger partial charge in [-0.3, -0.25) is 0 Å². The molecule has 0 aliphatic heterocycles. The minimum Gasteiger partial charge on any atom is -0.120 e. The molecule has 0 spiro atoms. The van der Waals surface area contributed by atoms with Gasteiger partial charge in [-0.15, -0.1) is 18.9 Å². The number of allylic oxidation sites excluding steroid dienone is 1. The summed E-state index contributed by atoms with van der Waals surface area (Å²) >= 11 is 0. The first kappa shape index (κ1) is 8.52. The van der Waals surface area contributed by atoms with Crippen LogP contribution in [-0.4, -0.2) is 8.07 Å². The second kappa shape index (κ2) is 3.52. The molecule has 9 heavy (non-hydrogen) atoms. The first-order valence-corrected chi connectivity index (χ1v) is 6.58. The quantitative estimate of drug-likeness (QED) is 0.319. The SMILES string of the molecule is C#CC[Si](C)(C)CC=C. The van der Waals surface area contributed by atoms with E-state index in [1.807, 2.05) is 6.08 Å². The summed E-state index contributed by atoms with van der Waals surface area (Å²) in [7, 11) is -1.06. The molecule has 0 aliphatic rings. The van der Waals surface area contributed by atoms with Crippen molar-refractivity contribution in [1.29, 1.82) is 0 Å². The van der Waals surface area contributed by atoms with E-state index in [1.54, 1.807) is 0 Å². The lowest BCUT2D eigenvalue weighted by Gasteiger charge is -2.15. The largest absolute Gasteiger partial charge is 0.120 e. The summed E-state index contributed by atoms with van der Waals surface area (Å²) < 4.78 is 0. The minimum atomic E-state index is -1.06. The van der Waals surface area contributed by atoms with Crippen molar-refractivity contribution in [2.45, 2.75) is 25.2 Å². The van der Waals surface area contributed by atoms with Crippen molar-refractivity contribution in [3.63, 3.8) is 0 Å². The van der Waals surface area contributed by atoms with Gasteiger partial charge in [0.05, 0.1) is 8.07 Å². The van der Waals surface area contributed by atoms with Crippen molar-refractivity contribution < 1.29 is 0 Å². The van der Waals surface area contributed by atoms with Crippen LogP contribution in [0.1, 0.15) is 0 Å². The Bertz CT molecular complexity index is 128. The predicted molar refractivity (Wildman–Crippen MR) is 46.1 cm³/mol. The molecule has 0 aromatic carbocycles. The third kappa shape index (κ3) is 4.05. The highest BCUT2D eigenvalue weighted by molar-refractivity contribution is 6.78. The summed E-state index contributed by atoms with van der Waals surface area (Å²) in [6.07, 6.45) is 7.17. The zero-order chi connectivity index (χ0) is 7.33. The van der Waals surface area contributed by atoms with E-state index in [1.165, 1.54) is 0 Å². The van der Waals surface area contributed by atoms with E-state index in [2.05, 4.69) is 25.6 Å². The van der Waals surface area contributed by atoms with E-state index in [-0.39, 0.29) is 0 Å². The van der Waals surface area contributed by atoms with Gasteiger partial charge in [0.25, 0.3) is 0 Å². The second-order valence-electron chi connectivity index (χ2n) is 3.04. The molecule has 0 N–H and O–H groups in total. The van der Waals surface area contributed by atoms with Crippen molar-refractivity contribution >= 4 is 8.07 Å². The molecular weight excluding hydrogens is 124 g/mol. The Balaban J connectivity index is 3.73. The topological polar surface area (TPSA) is 0 Å². The maximum absolute atomic E-state index is 5.20. The van der Waals surface area contributed by atoms with E-state index in [9.17, 15) is 0 Å². The molecular formula is C8H14Si. The Kier molecular flexibility index (Phi) is 3.34. The van der Waals surface area contributed by atoms with Crippen molar-refractivity contribution in [3.8, 4) is 12.3 Å².